The quantitative estimate of drug-likeness (QED) is 0.453. The Kier molecular flexibility index (Phi) is 5.86. The van der Waals surface area contributed by atoms with Crippen molar-refractivity contribution in [3.63, 3.8) is 0 Å². The molecule has 1 aromatic carbocycles. The number of benzene rings is 1. The van der Waals surface area contributed by atoms with E-state index in [0.29, 0.717) is 5.69 Å². The Morgan fingerprint density at radius 2 is 1.97 bits per heavy atom. The van der Waals surface area contributed by atoms with Crippen LogP contribution in [0, 0.1) is 0 Å². The third-order valence-corrected chi connectivity index (χ3v) is 3.79. The maximum atomic E-state index is 12.6. The van der Waals surface area contributed by atoms with Crippen LogP contribution in [0.25, 0.3) is 5.82 Å². The Labute approximate surface area is 166 Å². The van der Waals surface area contributed by atoms with Crippen molar-refractivity contribution in [2.45, 2.75) is 39.7 Å². The van der Waals surface area contributed by atoms with Gasteiger partial charge in [-0.15, -0.1) is 5.10 Å². The molecule has 2 aromatic heterocycles. The topological polar surface area (TPSA) is 146 Å². The highest BCUT2D eigenvalue weighted by Crippen LogP contribution is 2.22. The van der Waals surface area contributed by atoms with Crippen LogP contribution in [-0.2, 0) is 0 Å². The van der Waals surface area contributed by atoms with E-state index in [4.69, 9.17) is 10.5 Å². The molecule has 0 saturated heterocycles. The van der Waals surface area contributed by atoms with Gasteiger partial charge in [-0.2, -0.15) is 9.78 Å². The summed E-state index contributed by atoms with van der Waals surface area (Å²) in [6.45, 7) is 7.69. The molecule has 0 spiro atoms. The summed E-state index contributed by atoms with van der Waals surface area (Å²) in [5.74, 6) is 0.380. The third-order valence-electron chi connectivity index (χ3n) is 3.79. The minimum atomic E-state index is -0.508. The van der Waals surface area contributed by atoms with Crippen molar-refractivity contribution in [2.75, 3.05) is 5.73 Å². The van der Waals surface area contributed by atoms with E-state index in [9.17, 15) is 4.79 Å². The summed E-state index contributed by atoms with van der Waals surface area (Å²) in [6.07, 6.45) is 1.62. The highest BCUT2D eigenvalue weighted by molar-refractivity contribution is 5.94. The zero-order valence-electron chi connectivity index (χ0n) is 16.5. The van der Waals surface area contributed by atoms with Crippen LogP contribution in [0.4, 0.5) is 5.82 Å². The molecule has 0 unspecified atom stereocenters. The van der Waals surface area contributed by atoms with E-state index in [-0.39, 0.29) is 29.4 Å². The Bertz CT molecular complexity index is 1000. The Morgan fingerprint density at radius 1 is 1.24 bits per heavy atom. The number of amides is 1. The standard InChI is InChI=1S/C18H22N8O3/c1-10(2)15-14(21-25-26(15)17-16(19)23-29-24-17)18(27)22-20-9-12-5-7-13(8-6-12)28-11(3)4/h5-11H,1-4H3,(H2,19,23)(H,22,27)/b20-9-. The fourth-order valence-electron chi connectivity index (χ4n) is 2.59. The van der Waals surface area contributed by atoms with Crippen molar-refractivity contribution >= 4 is 17.9 Å². The molecule has 0 radical (unpaired) electrons. The Morgan fingerprint density at radius 3 is 2.55 bits per heavy atom. The second-order valence-electron chi connectivity index (χ2n) is 6.80. The van der Waals surface area contributed by atoms with Gasteiger partial charge >= 0.3 is 0 Å². The third kappa shape index (κ3) is 4.57. The second kappa shape index (κ2) is 8.50. The summed E-state index contributed by atoms with van der Waals surface area (Å²) in [7, 11) is 0. The summed E-state index contributed by atoms with van der Waals surface area (Å²) < 4.78 is 11.5. The number of carbonyl (C=O) groups is 1. The number of carbonyl (C=O) groups excluding carboxylic acids is 1. The summed E-state index contributed by atoms with van der Waals surface area (Å²) in [5.41, 5.74) is 9.60. The number of hydrazone groups is 1. The SMILES string of the molecule is CC(C)Oc1ccc(/C=N\NC(=O)c2nnn(-c3nonc3N)c2C(C)C)cc1. The molecule has 3 aromatic rings. The Balaban J connectivity index is 1.73. The first kappa shape index (κ1) is 20.0. The van der Waals surface area contributed by atoms with Gasteiger partial charge in [-0.1, -0.05) is 19.1 Å². The van der Waals surface area contributed by atoms with Crippen molar-refractivity contribution < 1.29 is 14.2 Å². The van der Waals surface area contributed by atoms with Crippen molar-refractivity contribution in [2.24, 2.45) is 5.10 Å². The average molecular weight is 398 g/mol. The predicted octanol–water partition coefficient (Wildman–Crippen LogP) is 1.91. The average Bonchev–Trinajstić information content (AvgIpc) is 3.28. The van der Waals surface area contributed by atoms with Crippen LogP contribution in [0.3, 0.4) is 0 Å². The van der Waals surface area contributed by atoms with Crippen molar-refractivity contribution in [3.05, 3.63) is 41.2 Å². The van der Waals surface area contributed by atoms with Gasteiger partial charge in [-0.25, -0.2) is 10.1 Å². The molecule has 11 heteroatoms. The largest absolute Gasteiger partial charge is 0.491 e. The fraction of sp³-hybridized carbons (Fsp3) is 0.333. The molecular formula is C18H22N8O3. The lowest BCUT2D eigenvalue weighted by atomic mass is 10.1. The van der Waals surface area contributed by atoms with Crippen LogP contribution in [0.2, 0.25) is 0 Å². The van der Waals surface area contributed by atoms with Gasteiger partial charge in [-0.05, 0) is 59.9 Å². The molecule has 1 amide bonds. The number of rotatable bonds is 7. The first-order valence-corrected chi connectivity index (χ1v) is 9.01. The fourth-order valence-corrected chi connectivity index (χ4v) is 2.59. The van der Waals surface area contributed by atoms with Crippen molar-refractivity contribution in [1.82, 2.24) is 30.7 Å². The van der Waals surface area contributed by atoms with E-state index in [1.807, 2.05) is 52.0 Å². The normalized spacial score (nSPS) is 11.5. The molecule has 152 valence electrons. The molecule has 11 nitrogen and oxygen atoms in total. The number of nitrogen functional groups attached to an aromatic ring is 1. The molecule has 0 saturated carbocycles. The number of nitrogens with zero attached hydrogens (tertiary/aromatic N) is 6. The highest BCUT2D eigenvalue weighted by atomic mass is 16.6. The first-order chi connectivity index (χ1) is 13.9. The molecule has 2 heterocycles. The minimum Gasteiger partial charge on any atom is -0.491 e. The van der Waals surface area contributed by atoms with Crippen molar-refractivity contribution in [1.29, 1.82) is 0 Å². The number of hydrogen-bond donors (Lipinski definition) is 2. The molecule has 0 fully saturated rings. The van der Waals surface area contributed by atoms with Gasteiger partial charge < -0.3 is 10.5 Å². The second-order valence-corrected chi connectivity index (χ2v) is 6.80. The highest BCUT2D eigenvalue weighted by Gasteiger charge is 2.25. The van der Waals surface area contributed by atoms with E-state index < -0.39 is 5.91 Å². The predicted molar refractivity (Wildman–Crippen MR) is 105 cm³/mol. The summed E-state index contributed by atoms with van der Waals surface area (Å²) in [6, 6.07) is 7.34. The van der Waals surface area contributed by atoms with Gasteiger partial charge in [0.2, 0.25) is 11.6 Å². The van der Waals surface area contributed by atoms with E-state index >= 15 is 0 Å². The molecule has 29 heavy (non-hydrogen) atoms. The van der Waals surface area contributed by atoms with Gasteiger partial charge in [0.05, 0.1) is 18.0 Å². The van der Waals surface area contributed by atoms with Crippen LogP contribution in [0.15, 0.2) is 34.0 Å². The smallest absolute Gasteiger partial charge is 0.293 e. The number of ether oxygens (including phenoxy) is 1. The molecular weight excluding hydrogens is 376 g/mol. The van der Waals surface area contributed by atoms with Gasteiger partial charge in [0.15, 0.2) is 5.69 Å². The summed E-state index contributed by atoms with van der Waals surface area (Å²) in [4.78, 5) is 12.6. The van der Waals surface area contributed by atoms with E-state index in [1.165, 1.54) is 10.9 Å². The van der Waals surface area contributed by atoms with E-state index in [1.54, 1.807) is 0 Å². The molecule has 0 aliphatic carbocycles. The van der Waals surface area contributed by atoms with Crippen LogP contribution in [-0.4, -0.2) is 43.5 Å². The zero-order valence-corrected chi connectivity index (χ0v) is 16.5. The summed E-state index contributed by atoms with van der Waals surface area (Å²) >= 11 is 0. The minimum absolute atomic E-state index is 0.0478. The summed E-state index contributed by atoms with van der Waals surface area (Å²) in [5, 5.41) is 19.1. The maximum Gasteiger partial charge on any atom is 0.293 e. The molecule has 0 atom stereocenters. The van der Waals surface area contributed by atoms with Gasteiger partial charge in [0.1, 0.15) is 5.75 Å². The van der Waals surface area contributed by atoms with Gasteiger partial charge in [-0.3, -0.25) is 4.79 Å². The van der Waals surface area contributed by atoms with Crippen molar-refractivity contribution in [3.8, 4) is 11.6 Å². The number of hydrogen-bond acceptors (Lipinski definition) is 9. The first-order valence-electron chi connectivity index (χ1n) is 9.01. The Hall–Kier alpha value is -3.76. The number of nitrogens with one attached hydrogen (secondary N) is 1. The monoisotopic (exact) mass is 398 g/mol. The molecule has 3 rings (SSSR count). The van der Waals surface area contributed by atoms with Gasteiger partial charge in [0.25, 0.3) is 5.91 Å². The number of nitrogens with two attached hydrogens (primary N) is 1. The van der Waals surface area contributed by atoms with Crippen LogP contribution in [0.1, 0.15) is 55.4 Å². The van der Waals surface area contributed by atoms with E-state index in [0.717, 1.165) is 11.3 Å². The molecule has 0 bridgehead atoms. The van der Waals surface area contributed by atoms with Crippen LogP contribution < -0.4 is 15.9 Å². The van der Waals surface area contributed by atoms with Crippen LogP contribution in [0.5, 0.6) is 5.75 Å². The lowest BCUT2D eigenvalue weighted by molar-refractivity contribution is 0.0948. The molecule has 3 N–H and O–H groups in total. The maximum absolute atomic E-state index is 12.6. The molecule has 0 aliphatic heterocycles. The number of anilines is 1. The number of aromatic nitrogens is 5. The molecule has 0 aliphatic rings. The lowest BCUT2D eigenvalue weighted by Crippen LogP contribution is -2.21. The van der Waals surface area contributed by atoms with Gasteiger partial charge in [0, 0.05) is 0 Å². The zero-order chi connectivity index (χ0) is 21.0. The van der Waals surface area contributed by atoms with E-state index in [2.05, 4.69) is 35.8 Å². The van der Waals surface area contributed by atoms with Crippen LogP contribution >= 0.6 is 0 Å². The lowest BCUT2D eigenvalue weighted by Gasteiger charge is -2.09.